The highest BCUT2D eigenvalue weighted by atomic mass is 32.2. The number of aromatic nitrogens is 2. The van der Waals surface area contributed by atoms with Crippen LogP contribution < -0.4 is 5.73 Å². The third-order valence-corrected chi connectivity index (χ3v) is 3.12. The van der Waals surface area contributed by atoms with Crippen LogP contribution in [0.4, 0.5) is 5.69 Å². The third kappa shape index (κ3) is 4.30. The van der Waals surface area contributed by atoms with Gasteiger partial charge in [0.2, 0.25) is 0 Å². The van der Waals surface area contributed by atoms with Gasteiger partial charge in [-0.1, -0.05) is 6.92 Å². The molecule has 0 atom stereocenters. The molecular weight excluding hydrogens is 238 g/mol. The molecule has 2 N–H and O–H groups in total. The number of hydrogen-bond acceptors (Lipinski definition) is 5. The second kappa shape index (κ2) is 7.21. The van der Waals surface area contributed by atoms with Gasteiger partial charge in [0.05, 0.1) is 12.3 Å². The topological polar surface area (TPSA) is 70.1 Å². The quantitative estimate of drug-likeness (QED) is 0.595. The van der Waals surface area contributed by atoms with Gasteiger partial charge in [-0.2, -0.15) is 16.9 Å². The minimum Gasteiger partial charge on any atom is -0.461 e. The predicted octanol–water partition coefficient (Wildman–Crippen LogP) is 1.79. The van der Waals surface area contributed by atoms with Gasteiger partial charge in [0, 0.05) is 12.7 Å². The van der Waals surface area contributed by atoms with Crippen LogP contribution in [-0.2, 0) is 11.3 Å². The summed E-state index contributed by atoms with van der Waals surface area (Å²) in [6.45, 7) is 5.00. The van der Waals surface area contributed by atoms with E-state index in [1.165, 1.54) is 0 Å². The molecule has 0 aromatic carbocycles. The van der Waals surface area contributed by atoms with Crippen molar-refractivity contribution >= 4 is 23.4 Å². The number of nitrogens with two attached hydrogens (primary N) is 1. The molecular formula is C11H19N3O2S. The second-order valence-corrected chi connectivity index (χ2v) is 4.86. The number of hydrogen-bond donors (Lipinski definition) is 1. The van der Waals surface area contributed by atoms with Crippen LogP contribution >= 0.6 is 11.8 Å². The number of nitrogens with zero attached hydrogens (tertiary/aromatic N) is 2. The lowest BCUT2D eigenvalue weighted by atomic mass is 10.4. The number of thioether (sulfide) groups is 1. The van der Waals surface area contributed by atoms with Crippen LogP contribution in [0.25, 0.3) is 0 Å². The Hall–Kier alpha value is -1.17. The first kappa shape index (κ1) is 13.9. The Morgan fingerprint density at radius 1 is 1.59 bits per heavy atom. The van der Waals surface area contributed by atoms with E-state index in [0.29, 0.717) is 12.3 Å². The molecule has 0 aliphatic rings. The summed E-state index contributed by atoms with van der Waals surface area (Å²) in [6.07, 6.45) is 2.70. The monoisotopic (exact) mass is 257 g/mol. The average Bonchev–Trinajstić information content (AvgIpc) is 2.66. The van der Waals surface area contributed by atoms with Gasteiger partial charge in [-0.15, -0.1) is 0 Å². The highest BCUT2D eigenvalue weighted by Gasteiger charge is 2.15. The van der Waals surface area contributed by atoms with E-state index >= 15 is 0 Å². The number of rotatable bonds is 7. The van der Waals surface area contributed by atoms with E-state index in [2.05, 4.69) is 12.0 Å². The molecule has 0 radical (unpaired) electrons. The molecule has 1 heterocycles. The fourth-order valence-electron chi connectivity index (χ4n) is 1.38. The second-order valence-electron chi connectivity index (χ2n) is 3.47. The van der Waals surface area contributed by atoms with Gasteiger partial charge in [0.1, 0.15) is 0 Å². The van der Waals surface area contributed by atoms with E-state index in [4.69, 9.17) is 10.5 Å². The van der Waals surface area contributed by atoms with Crippen molar-refractivity contribution in [2.45, 2.75) is 26.8 Å². The lowest BCUT2D eigenvalue weighted by Crippen LogP contribution is -2.09. The first-order chi connectivity index (χ1) is 8.19. The van der Waals surface area contributed by atoms with Gasteiger partial charge in [-0.05, 0) is 24.9 Å². The van der Waals surface area contributed by atoms with Crippen LogP contribution in [0, 0.1) is 0 Å². The molecule has 0 saturated carbocycles. The van der Waals surface area contributed by atoms with E-state index in [0.717, 1.165) is 24.5 Å². The Balaban J connectivity index is 2.52. The van der Waals surface area contributed by atoms with E-state index in [-0.39, 0.29) is 5.69 Å². The van der Waals surface area contributed by atoms with Crippen LogP contribution in [0.3, 0.4) is 0 Å². The number of carbonyl (C=O) groups excluding carboxylic acids is 1. The van der Waals surface area contributed by atoms with E-state index < -0.39 is 5.97 Å². The molecule has 6 heteroatoms. The van der Waals surface area contributed by atoms with Crippen LogP contribution in [0.5, 0.6) is 0 Å². The maximum absolute atomic E-state index is 11.5. The molecule has 0 saturated heterocycles. The van der Waals surface area contributed by atoms with Gasteiger partial charge in [0.15, 0.2) is 5.69 Å². The van der Waals surface area contributed by atoms with Crippen molar-refractivity contribution in [2.24, 2.45) is 0 Å². The number of esters is 1. The summed E-state index contributed by atoms with van der Waals surface area (Å²) >= 11 is 1.89. The highest BCUT2D eigenvalue weighted by molar-refractivity contribution is 7.99. The molecule has 1 aromatic rings. The molecule has 0 fully saturated rings. The zero-order valence-corrected chi connectivity index (χ0v) is 11.1. The number of aryl methyl sites for hydroxylation is 1. The predicted molar refractivity (Wildman–Crippen MR) is 70.2 cm³/mol. The van der Waals surface area contributed by atoms with E-state index in [1.807, 2.05) is 11.8 Å². The standard InChI is InChI=1S/C11H19N3O2S/c1-3-16-11(15)10-9(12)8-14(13-10)6-5-7-17-4-2/h8H,3-7,12H2,1-2H3. The zero-order chi connectivity index (χ0) is 12.7. The molecule has 0 unspecified atom stereocenters. The molecule has 0 spiro atoms. The molecule has 1 rings (SSSR count). The van der Waals surface area contributed by atoms with Crippen molar-refractivity contribution in [1.82, 2.24) is 9.78 Å². The third-order valence-electron chi connectivity index (χ3n) is 2.14. The number of ether oxygens (including phenoxy) is 1. The summed E-state index contributed by atoms with van der Waals surface area (Å²) in [5.74, 6) is 1.76. The Morgan fingerprint density at radius 3 is 3.00 bits per heavy atom. The highest BCUT2D eigenvalue weighted by Crippen LogP contribution is 2.11. The van der Waals surface area contributed by atoms with Gasteiger partial charge in [0.25, 0.3) is 0 Å². The first-order valence-corrected chi connectivity index (χ1v) is 6.92. The van der Waals surface area contributed by atoms with E-state index in [9.17, 15) is 4.79 Å². The largest absolute Gasteiger partial charge is 0.461 e. The molecule has 0 aliphatic heterocycles. The lowest BCUT2D eigenvalue weighted by Gasteiger charge is -2.00. The first-order valence-electron chi connectivity index (χ1n) is 5.76. The van der Waals surface area contributed by atoms with Crippen molar-refractivity contribution < 1.29 is 9.53 Å². The van der Waals surface area contributed by atoms with Crippen LogP contribution in [-0.4, -0.2) is 33.9 Å². The maximum atomic E-state index is 11.5. The van der Waals surface area contributed by atoms with Crippen molar-refractivity contribution in [3.63, 3.8) is 0 Å². The normalized spacial score (nSPS) is 10.5. The van der Waals surface area contributed by atoms with Crippen molar-refractivity contribution in [2.75, 3.05) is 23.8 Å². The van der Waals surface area contributed by atoms with Crippen LogP contribution in [0.15, 0.2) is 6.20 Å². The van der Waals surface area contributed by atoms with Gasteiger partial charge in [-0.3, -0.25) is 4.68 Å². The Morgan fingerprint density at radius 2 is 2.35 bits per heavy atom. The summed E-state index contributed by atoms with van der Waals surface area (Å²) in [5, 5.41) is 4.13. The Labute approximate surface area is 106 Å². The molecule has 0 aliphatic carbocycles. The van der Waals surface area contributed by atoms with Gasteiger partial charge >= 0.3 is 5.97 Å². The van der Waals surface area contributed by atoms with E-state index in [1.54, 1.807) is 17.8 Å². The summed E-state index contributed by atoms with van der Waals surface area (Å²) < 4.78 is 6.57. The van der Waals surface area contributed by atoms with Crippen LogP contribution in [0.1, 0.15) is 30.8 Å². The van der Waals surface area contributed by atoms with Gasteiger partial charge < -0.3 is 10.5 Å². The Bertz CT molecular complexity index is 366. The average molecular weight is 257 g/mol. The molecule has 17 heavy (non-hydrogen) atoms. The molecule has 5 nitrogen and oxygen atoms in total. The number of nitrogen functional groups attached to an aromatic ring is 1. The fraction of sp³-hybridized carbons (Fsp3) is 0.636. The van der Waals surface area contributed by atoms with Crippen molar-refractivity contribution in [3.8, 4) is 0 Å². The Kier molecular flexibility index (Phi) is 5.90. The van der Waals surface area contributed by atoms with Crippen LogP contribution in [0.2, 0.25) is 0 Å². The molecule has 0 bridgehead atoms. The maximum Gasteiger partial charge on any atom is 0.361 e. The SMILES string of the molecule is CCOC(=O)c1nn(CCCSCC)cc1N. The number of carbonyl (C=O) groups is 1. The molecule has 1 aromatic heterocycles. The molecule has 96 valence electrons. The smallest absolute Gasteiger partial charge is 0.361 e. The summed E-state index contributed by atoms with van der Waals surface area (Å²) in [4.78, 5) is 11.5. The summed E-state index contributed by atoms with van der Waals surface area (Å²) in [5.41, 5.74) is 6.31. The number of anilines is 1. The fourth-order valence-corrected chi connectivity index (χ4v) is 2.00. The zero-order valence-electron chi connectivity index (χ0n) is 10.3. The molecule has 0 amide bonds. The summed E-state index contributed by atoms with van der Waals surface area (Å²) in [7, 11) is 0. The van der Waals surface area contributed by atoms with Gasteiger partial charge in [-0.25, -0.2) is 4.79 Å². The lowest BCUT2D eigenvalue weighted by molar-refractivity contribution is 0.0519. The van der Waals surface area contributed by atoms with Crippen molar-refractivity contribution in [1.29, 1.82) is 0 Å². The summed E-state index contributed by atoms with van der Waals surface area (Å²) in [6, 6.07) is 0. The minimum absolute atomic E-state index is 0.218. The van der Waals surface area contributed by atoms with Crippen molar-refractivity contribution in [3.05, 3.63) is 11.9 Å². The minimum atomic E-state index is -0.452.